The fourth-order valence-corrected chi connectivity index (χ4v) is 1.59. The van der Waals surface area contributed by atoms with E-state index >= 15 is 0 Å². The van der Waals surface area contributed by atoms with E-state index in [-0.39, 0.29) is 5.69 Å². The van der Waals surface area contributed by atoms with Crippen LogP contribution in [0.25, 0.3) is 0 Å². The molecule has 17 heavy (non-hydrogen) atoms. The van der Waals surface area contributed by atoms with Gasteiger partial charge < -0.3 is 15.4 Å². The number of nitro benzene ring substituents is 1. The monoisotopic (exact) mass is 239 g/mol. The molecule has 0 aliphatic rings. The minimum Gasteiger partial charge on any atom is -0.397 e. The number of likely N-dealkylation sites (N-methyl/N-ethyl adjacent to an activating group) is 1. The molecular formula is C11H17N3O3. The highest BCUT2D eigenvalue weighted by molar-refractivity contribution is 5.70. The van der Waals surface area contributed by atoms with E-state index < -0.39 is 4.92 Å². The summed E-state index contributed by atoms with van der Waals surface area (Å²) in [7, 11) is 1.63. The van der Waals surface area contributed by atoms with E-state index in [0.717, 1.165) is 12.2 Å². The second-order valence-corrected chi connectivity index (χ2v) is 3.57. The first-order valence-corrected chi connectivity index (χ1v) is 5.38. The van der Waals surface area contributed by atoms with Crippen LogP contribution in [0.2, 0.25) is 0 Å². The lowest BCUT2D eigenvalue weighted by molar-refractivity contribution is -0.384. The highest BCUT2D eigenvalue weighted by Gasteiger charge is 2.12. The number of nitro groups is 1. The van der Waals surface area contributed by atoms with Crippen LogP contribution < -0.4 is 10.6 Å². The SMILES string of the molecule is CCN(CCOC)c1ccc([N+](=O)[O-])cc1N. The number of hydrogen-bond donors (Lipinski definition) is 1. The molecule has 0 aliphatic heterocycles. The number of ether oxygens (including phenoxy) is 1. The zero-order valence-electron chi connectivity index (χ0n) is 10.0. The highest BCUT2D eigenvalue weighted by Crippen LogP contribution is 2.27. The quantitative estimate of drug-likeness (QED) is 0.463. The van der Waals surface area contributed by atoms with Crippen LogP contribution >= 0.6 is 0 Å². The van der Waals surface area contributed by atoms with Crippen molar-refractivity contribution in [3.8, 4) is 0 Å². The number of nitrogen functional groups attached to an aromatic ring is 1. The minimum atomic E-state index is -0.453. The molecule has 0 spiro atoms. The maximum Gasteiger partial charge on any atom is 0.271 e. The molecular weight excluding hydrogens is 222 g/mol. The summed E-state index contributed by atoms with van der Waals surface area (Å²) in [5, 5.41) is 10.6. The van der Waals surface area contributed by atoms with E-state index in [1.807, 2.05) is 11.8 Å². The maximum absolute atomic E-state index is 10.6. The van der Waals surface area contributed by atoms with Gasteiger partial charge in [-0.3, -0.25) is 10.1 Å². The van der Waals surface area contributed by atoms with Gasteiger partial charge in [0.25, 0.3) is 5.69 Å². The molecule has 6 heteroatoms. The van der Waals surface area contributed by atoms with Gasteiger partial charge in [0.2, 0.25) is 0 Å². The average Bonchev–Trinajstić information content (AvgIpc) is 2.31. The van der Waals surface area contributed by atoms with Gasteiger partial charge in [0.1, 0.15) is 0 Å². The number of methoxy groups -OCH3 is 1. The van der Waals surface area contributed by atoms with Crippen molar-refractivity contribution in [2.45, 2.75) is 6.92 Å². The largest absolute Gasteiger partial charge is 0.397 e. The summed E-state index contributed by atoms with van der Waals surface area (Å²) in [4.78, 5) is 12.2. The van der Waals surface area contributed by atoms with Crippen molar-refractivity contribution in [1.82, 2.24) is 0 Å². The Labute approximate surface area is 100 Å². The van der Waals surface area contributed by atoms with Crippen LogP contribution in [0.5, 0.6) is 0 Å². The van der Waals surface area contributed by atoms with Crippen molar-refractivity contribution >= 4 is 17.1 Å². The third kappa shape index (κ3) is 3.32. The molecule has 94 valence electrons. The Balaban J connectivity index is 2.92. The normalized spacial score (nSPS) is 10.2. The van der Waals surface area contributed by atoms with Gasteiger partial charge in [-0.15, -0.1) is 0 Å². The molecule has 6 nitrogen and oxygen atoms in total. The van der Waals surface area contributed by atoms with E-state index in [9.17, 15) is 10.1 Å². The molecule has 0 heterocycles. The van der Waals surface area contributed by atoms with Crippen LogP contribution in [-0.4, -0.2) is 31.7 Å². The number of nitrogens with two attached hydrogens (primary N) is 1. The van der Waals surface area contributed by atoms with E-state index in [2.05, 4.69) is 0 Å². The summed E-state index contributed by atoms with van der Waals surface area (Å²) in [5.41, 5.74) is 7.04. The molecule has 0 radical (unpaired) electrons. The van der Waals surface area contributed by atoms with Gasteiger partial charge in [-0.2, -0.15) is 0 Å². The van der Waals surface area contributed by atoms with Crippen LogP contribution in [-0.2, 0) is 4.74 Å². The first-order chi connectivity index (χ1) is 8.10. The second kappa shape index (κ2) is 6.05. The molecule has 0 bridgehead atoms. The molecule has 1 aromatic rings. The summed E-state index contributed by atoms with van der Waals surface area (Å²) < 4.78 is 5.01. The molecule has 0 fully saturated rings. The Kier molecular flexibility index (Phi) is 4.71. The summed E-state index contributed by atoms with van der Waals surface area (Å²) >= 11 is 0. The number of anilines is 2. The topological polar surface area (TPSA) is 81.6 Å². The van der Waals surface area contributed by atoms with Gasteiger partial charge in [-0.25, -0.2) is 0 Å². The molecule has 1 rings (SSSR count). The standard InChI is InChI=1S/C11H17N3O3/c1-3-13(6-7-17-2)11-5-4-9(14(15)16)8-10(11)12/h4-5,8H,3,6-7,12H2,1-2H3. The lowest BCUT2D eigenvalue weighted by Gasteiger charge is -2.23. The number of non-ortho nitro benzene ring substituents is 1. The van der Waals surface area contributed by atoms with E-state index in [0.29, 0.717) is 18.8 Å². The Morgan fingerprint density at radius 3 is 2.71 bits per heavy atom. The Morgan fingerprint density at radius 1 is 1.53 bits per heavy atom. The van der Waals surface area contributed by atoms with Gasteiger partial charge in [-0.05, 0) is 13.0 Å². The van der Waals surface area contributed by atoms with Crippen molar-refractivity contribution in [3.63, 3.8) is 0 Å². The Morgan fingerprint density at radius 2 is 2.24 bits per heavy atom. The smallest absolute Gasteiger partial charge is 0.271 e. The molecule has 0 saturated heterocycles. The number of rotatable bonds is 6. The molecule has 0 aromatic heterocycles. The number of hydrogen-bond acceptors (Lipinski definition) is 5. The molecule has 1 aromatic carbocycles. The maximum atomic E-state index is 10.6. The lowest BCUT2D eigenvalue weighted by Crippen LogP contribution is -2.27. The summed E-state index contributed by atoms with van der Waals surface area (Å²) in [5.74, 6) is 0. The fraction of sp³-hybridized carbons (Fsp3) is 0.455. The Hall–Kier alpha value is -1.82. The van der Waals surface area contributed by atoms with Gasteiger partial charge in [0.05, 0.1) is 22.9 Å². The molecule has 0 aliphatic carbocycles. The summed E-state index contributed by atoms with van der Waals surface area (Å²) in [6.45, 7) is 4.06. The van der Waals surface area contributed by atoms with Gasteiger partial charge >= 0.3 is 0 Å². The van der Waals surface area contributed by atoms with E-state index in [4.69, 9.17) is 10.5 Å². The van der Waals surface area contributed by atoms with Crippen molar-refractivity contribution in [2.24, 2.45) is 0 Å². The molecule has 2 N–H and O–H groups in total. The summed E-state index contributed by atoms with van der Waals surface area (Å²) in [6.07, 6.45) is 0. The van der Waals surface area contributed by atoms with Crippen molar-refractivity contribution < 1.29 is 9.66 Å². The predicted molar refractivity (Wildman–Crippen MR) is 67.3 cm³/mol. The predicted octanol–water partition coefficient (Wildman–Crippen LogP) is 1.65. The van der Waals surface area contributed by atoms with Crippen molar-refractivity contribution in [2.75, 3.05) is 37.4 Å². The lowest BCUT2D eigenvalue weighted by atomic mass is 10.2. The molecule has 0 amide bonds. The van der Waals surface area contributed by atoms with Gasteiger partial charge in [-0.1, -0.05) is 0 Å². The van der Waals surface area contributed by atoms with Crippen LogP contribution in [0.3, 0.4) is 0 Å². The van der Waals surface area contributed by atoms with Crippen molar-refractivity contribution in [1.29, 1.82) is 0 Å². The van der Waals surface area contributed by atoms with Gasteiger partial charge in [0.15, 0.2) is 0 Å². The first-order valence-electron chi connectivity index (χ1n) is 5.38. The highest BCUT2D eigenvalue weighted by atomic mass is 16.6. The third-order valence-electron chi connectivity index (χ3n) is 2.51. The third-order valence-corrected chi connectivity index (χ3v) is 2.51. The minimum absolute atomic E-state index is 0.00837. The van der Waals surface area contributed by atoms with Crippen molar-refractivity contribution in [3.05, 3.63) is 28.3 Å². The Bertz CT molecular complexity index is 396. The van der Waals surface area contributed by atoms with Gasteiger partial charge in [0, 0.05) is 32.3 Å². The van der Waals surface area contributed by atoms with Crippen LogP contribution in [0, 0.1) is 10.1 Å². The zero-order valence-corrected chi connectivity index (χ0v) is 10.0. The van der Waals surface area contributed by atoms with Crippen LogP contribution in [0.1, 0.15) is 6.92 Å². The molecule has 0 saturated carbocycles. The van der Waals surface area contributed by atoms with E-state index in [1.54, 1.807) is 13.2 Å². The zero-order chi connectivity index (χ0) is 12.8. The first kappa shape index (κ1) is 13.2. The number of nitrogens with zero attached hydrogens (tertiary/aromatic N) is 2. The van der Waals surface area contributed by atoms with Crippen LogP contribution in [0.4, 0.5) is 17.1 Å². The van der Waals surface area contributed by atoms with E-state index in [1.165, 1.54) is 12.1 Å². The summed E-state index contributed by atoms with van der Waals surface area (Å²) in [6, 6.07) is 4.51. The molecule has 0 atom stereocenters. The van der Waals surface area contributed by atoms with Crippen LogP contribution in [0.15, 0.2) is 18.2 Å². The molecule has 0 unspecified atom stereocenters. The fourth-order valence-electron chi connectivity index (χ4n) is 1.59. The second-order valence-electron chi connectivity index (χ2n) is 3.57. The average molecular weight is 239 g/mol. The number of benzene rings is 1.